The molecule has 2 N–H and O–H groups in total. The Morgan fingerprint density at radius 1 is 1.44 bits per heavy atom. The van der Waals surface area contributed by atoms with E-state index in [1.807, 2.05) is 6.92 Å². The van der Waals surface area contributed by atoms with Crippen molar-refractivity contribution >= 4 is 5.91 Å². The van der Waals surface area contributed by atoms with E-state index in [0.29, 0.717) is 18.0 Å². The number of rotatable bonds is 3. The molecule has 1 fully saturated rings. The molecule has 2 rings (SSSR count). The Morgan fingerprint density at radius 3 is 2.83 bits per heavy atom. The molecule has 98 valence electrons. The highest BCUT2D eigenvalue weighted by Crippen LogP contribution is 2.25. The number of para-hydroxylation sites is 1. The molecule has 1 amide bonds. The second kappa shape index (κ2) is 5.40. The molecule has 0 radical (unpaired) electrons. The smallest absolute Gasteiger partial charge is 0.227 e. The van der Waals surface area contributed by atoms with Gasteiger partial charge >= 0.3 is 0 Å². The summed E-state index contributed by atoms with van der Waals surface area (Å²) in [6.45, 7) is 2.75. The van der Waals surface area contributed by atoms with Crippen LogP contribution < -0.4 is 0 Å². The van der Waals surface area contributed by atoms with E-state index >= 15 is 0 Å². The summed E-state index contributed by atoms with van der Waals surface area (Å²) in [7, 11) is 0. The summed E-state index contributed by atoms with van der Waals surface area (Å²) in [4.78, 5) is 13.9. The minimum Gasteiger partial charge on any atom is -0.508 e. The predicted molar refractivity (Wildman–Crippen MR) is 68.2 cm³/mol. The quantitative estimate of drug-likeness (QED) is 0.845. The number of carbonyl (C=O) groups is 1. The van der Waals surface area contributed by atoms with E-state index in [-0.39, 0.29) is 30.7 Å². The highest BCUT2D eigenvalue weighted by molar-refractivity contribution is 5.80. The molecule has 4 heteroatoms. The van der Waals surface area contributed by atoms with Gasteiger partial charge in [-0.2, -0.15) is 0 Å². The number of hydrogen-bond acceptors (Lipinski definition) is 3. The minimum atomic E-state index is -0.0802. The number of aromatic hydroxyl groups is 1. The van der Waals surface area contributed by atoms with Gasteiger partial charge in [0.15, 0.2) is 0 Å². The lowest BCUT2D eigenvalue weighted by molar-refractivity contribution is -0.132. The van der Waals surface area contributed by atoms with Crippen LogP contribution in [0.4, 0.5) is 0 Å². The zero-order valence-corrected chi connectivity index (χ0v) is 10.5. The lowest BCUT2D eigenvalue weighted by Crippen LogP contribution is -2.40. The fraction of sp³-hybridized carbons (Fsp3) is 0.500. The van der Waals surface area contributed by atoms with Crippen molar-refractivity contribution in [2.24, 2.45) is 5.92 Å². The number of amides is 1. The summed E-state index contributed by atoms with van der Waals surface area (Å²) in [5, 5.41) is 19.0. The molecular formula is C14H19NO3. The Balaban J connectivity index is 2.07. The largest absolute Gasteiger partial charge is 0.508 e. The van der Waals surface area contributed by atoms with Crippen molar-refractivity contribution in [3.63, 3.8) is 0 Å². The van der Waals surface area contributed by atoms with Crippen molar-refractivity contribution in [3.8, 4) is 5.75 Å². The highest BCUT2D eigenvalue weighted by atomic mass is 16.3. The van der Waals surface area contributed by atoms with Crippen molar-refractivity contribution in [1.82, 2.24) is 4.90 Å². The first-order chi connectivity index (χ1) is 8.63. The number of phenolic OH excluding ortho intramolecular Hbond substituents is 1. The number of aliphatic hydroxyl groups excluding tert-OH is 1. The first kappa shape index (κ1) is 12.9. The van der Waals surface area contributed by atoms with E-state index in [0.717, 1.165) is 6.42 Å². The zero-order chi connectivity index (χ0) is 13.1. The lowest BCUT2D eigenvalue weighted by atomic mass is 10.0. The van der Waals surface area contributed by atoms with Crippen LogP contribution in [0.2, 0.25) is 0 Å². The molecule has 0 aliphatic carbocycles. The van der Waals surface area contributed by atoms with Crippen molar-refractivity contribution in [1.29, 1.82) is 0 Å². The van der Waals surface area contributed by atoms with Crippen molar-refractivity contribution in [2.75, 3.05) is 13.2 Å². The number of hydrogen-bond donors (Lipinski definition) is 2. The van der Waals surface area contributed by atoms with Crippen LogP contribution in [-0.2, 0) is 11.2 Å². The standard InChI is InChI=1S/C14H19NO3/c1-10-6-7-15(12(10)9-16)14(18)8-11-4-2-3-5-13(11)17/h2-5,10,12,16-17H,6-9H2,1H3. The van der Waals surface area contributed by atoms with Crippen LogP contribution >= 0.6 is 0 Å². The number of carbonyl (C=O) groups excluding carboxylic acids is 1. The van der Waals surface area contributed by atoms with Crippen LogP contribution in [0.25, 0.3) is 0 Å². The van der Waals surface area contributed by atoms with Crippen molar-refractivity contribution < 1.29 is 15.0 Å². The van der Waals surface area contributed by atoms with E-state index in [9.17, 15) is 15.0 Å². The third kappa shape index (κ3) is 2.48. The average molecular weight is 249 g/mol. The van der Waals surface area contributed by atoms with Crippen LogP contribution in [0.5, 0.6) is 5.75 Å². The molecule has 0 aromatic heterocycles. The van der Waals surface area contributed by atoms with Gasteiger partial charge in [-0.1, -0.05) is 25.1 Å². The molecule has 1 aliphatic rings. The van der Waals surface area contributed by atoms with Gasteiger partial charge in [0, 0.05) is 12.1 Å². The number of likely N-dealkylation sites (tertiary alicyclic amines) is 1. The normalized spacial score (nSPS) is 23.3. The van der Waals surface area contributed by atoms with Gasteiger partial charge in [-0.05, 0) is 18.4 Å². The second-order valence-electron chi connectivity index (χ2n) is 4.91. The van der Waals surface area contributed by atoms with Gasteiger partial charge in [-0.15, -0.1) is 0 Å². The van der Waals surface area contributed by atoms with Gasteiger partial charge in [0.2, 0.25) is 5.91 Å². The number of phenols is 1. The average Bonchev–Trinajstić information content (AvgIpc) is 2.73. The molecule has 1 heterocycles. The van der Waals surface area contributed by atoms with Crippen LogP contribution in [0.15, 0.2) is 24.3 Å². The monoisotopic (exact) mass is 249 g/mol. The maximum Gasteiger partial charge on any atom is 0.227 e. The van der Waals surface area contributed by atoms with E-state index in [1.165, 1.54) is 0 Å². The third-order valence-corrected chi connectivity index (χ3v) is 3.72. The van der Waals surface area contributed by atoms with Gasteiger partial charge in [0.1, 0.15) is 5.75 Å². The maximum atomic E-state index is 12.2. The SMILES string of the molecule is CC1CCN(C(=O)Cc2ccccc2O)C1CO. The molecule has 2 unspecified atom stereocenters. The predicted octanol–water partition coefficient (Wildman–Crippen LogP) is 1.16. The fourth-order valence-electron chi connectivity index (χ4n) is 2.52. The van der Waals surface area contributed by atoms with E-state index < -0.39 is 0 Å². The van der Waals surface area contributed by atoms with Crippen molar-refractivity contribution in [2.45, 2.75) is 25.8 Å². The molecule has 1 saturated heterocycles. The zero-order valence-electron chi connectivity index (χ0n) is 10.5. The molecule has 2 atom stereocenters. The molecular weight excluding hydrogens is 230 g/mol. The van der Waals surface area contributed by atoms with Gasteiger partial charge < -0.3 is 15.1 Å². The van der Waals surface area contributed by atoms with Gasteiger partial charge in [-0.3, -0.25) is 4.79 Å². The van der Waals surface area contributed by atoms with E-state index in [2.05, 4.69) is 0 Å². The molecule has 1 aromatic rings. The molecule has 1 aliphatic heterocycles. The summed E-state index contributed by atoms with van der Waals surface area (Å²) >= 11 is 0. The summed E-state index contributed by atoms with van der Waals surface area (Å²) < 4.78 is 0. The Labute approximate surface area is 107 Å². The van der Waals surface area contributed by atoms with Crippen LogP contribution in [0, 0.1) is 5.92 Å². The summed E-state index contributed by atoms with van der Waals surface area (Å²) in [6, 6.07) is 6.79. The van der Waals surface area contributed by atoms with Crippen molar-refractivity contribution in [3.05, 3.63) is 29.8 Å². The maximum absolute atomic E-state index is 12.2. The Hall–Kier alpha value is -1.55. The number of nitrogens with zero attached hydrogens (tertiary/aromatic N) is 1. The molecule has 18 heavy (non-hydrogen) atoms. The minimum absolute atomic E-state index is 0.00762. The van der Waals surface area contributed by atoms with Crippen LogP contribution in [0.3, 0.4) is 0 Å². The van der Waals surface area contributed by atoms with E-state index in [1.54, 1.807) is 29.2 Å². The van der Waals surface area contributed by atoms with Crippen LogP contribution in [-0.4, -0.2) is 40.2 Å². The molecule has 0 saturated carbocycles. The Morgan fingerprint density at radius 2 is 2.17 bits per heavy atom. The summed E-state index contributed by atoms with van der Waals surface area (Å²) in [5.74, 6) is 0.460. The van der Waals surface area contributed by atoms with Gasteiger partial charge in [0.25, 0.3) is 0 Å². The molecule has 0 bridgehead atoms. The number of benzene rings is 1. The van der Waals surface area contributed by atoms with Gasteiger partial charge in [-0.25, -0.2) is 0 Å². The number of aliphatic hydroxyl groups is 1. The topological polar surface area (TPSA) is 60.8 Å². The molecule has 0 spiro atoms. The third-order valence-electron chi connectivity index (χ3n) is 3.72. The highest BCUT2D eigenvalue weighted by Gasteiger charge is 2.33. The molecule has 4 nitrogen and oxygen atoms in total. The first-order valence-electron chi connectivity index (χ1n) is 6.30. The summed E-state index contributed by atoms with van der Waals surface area (Å²) in [6.07, 6.45) is 1.12. The van der Waals surface area contributed by atoms with Crippen LogP contribution in [0.1, 0.15) is 18.9 Å². The summed E-state index contributed by atoms with van der Waals surface area (Å²) in [5.41, 5.74) is 0.638. The van der Waals surface area contributed by atoms with E-state index in [4.69, 9.17) is 0 Å². The fourth-order valence-corrected chi connectivity index (χ4v) is 2.52. The first-order valence-corrected chi connectivity index (χ1v) is 6.30. The van der Waals surface area contributed by atoms with Gasteiger partial charge in [0.05, 0.1) is 19.1 Å². The Bertz CT molecular complexity index is 433. The second-order valence-corrected chi connectivity index (χ2v) is 4.91. The lowest BCUT2D eigenvalue weighted by Gasteiger charge is -2.25. The Kier molecular flexibility index (Phi) is 3.87. The molecule has 1 aromatic carbocycles.